The van der Waals surface area contributed by atoms with Crippen LogP contribution in [0.25, 0.3) is 11.1 Å². The van der Waals surface area contributed by atoms with Gasteiger partial charge >= 0.3 is 0 Å². The number of phenolic OH excluding ortho intramolecular Hbond substituents is 2. The minimum Gasteiger partial charge on any atom is -0.504 e. The average Bonchev–Trinajstić information content (AvgIpc) is 3.16. The third kappa shape index (κ3) is 6.09. The molecule has 0 fully saturated rings. The maximum Gasteiger partial charge on any atom is 0.203 e. The van der Waals surface area contributed by atoms with Crippen molar-refractivity contribution >= 4 is 0 Å². The van der Waals surface area contributed by atoms with Gasteiger partial charge in [0.05, 0.1) is 69.1 Å². The molecule has 0 amide bonds. The summed E-state index contributed by atoms with van der Waals surface area (Å²) in [6.07, 6.45) is -1.00. The Hall–Kier alpha value is -5.20. The number of hydrogen-bond donors (Lipinski definition) is 2. The third-order valence-electron chi connectivity index (χ3n) is 9.76. The first-order valence-corrected chi connectivity index (χ1v) is 16.8. The second-order valence-corrected chi connectivity index (χ2v) is 12.7. The van der Waals surface area contributed by atoms with Gasteiger partial charge in [-0.3, -0.25) is 0 Å². The number of phenols is 2. The van der Waals surface area contributed by atoms with Crippen molar-refractivity contribution in [2.45, 2.75) is 51.1 Å². The van der Waals surface area contributed by atoms with Gasteiger partial charge in [0.2, 0.25) is 11.5 Å². The first-order valence-electron chi connectivity index (χ1n) is 16.8. The van der Waals surface area contributed by atoms with E-state index in [4.69, 9.17) is 47.4 Å². The van der Waals surface area contributed by atoms with Gasteiger partial charge in [-0.1, -0.05) is 0 Å². The van der Waals surface area contributed by atoms with Crippen LogP contribution in [0.3, 0.4) is 0 Å². The maximum atomic E-state index is 11.6. The summed E-state index contributed by atoms with van der Waals surface area (Å²) < 4.78 is 59.1. The van der Waals surface area contributed by atoms with Crippen LogP contribution < -0.4 is 37.9 Å². The topological polar surface area (TPSA) is 133 Å². The molecular weight excluding hydrogens is 672 g/mol. The van der Waals surface area contributed by atoms with Crippen LogP contribution in [-0.4, -0.2) is 79.3 Å². The van der Waals surface area contributed by atoms with E-state index >= 15 is 0 Å². The fourth-order valence-electron chi connectivity index (χ4n) is 7.54. The number of benzene rings is 4. The van der Waals surface area contributed by atoms with Crippen LogP contribution in [0.4, 0.5) is 0 Å². The standard InChI is InChI=1S/C40H46O12/c1-19-11-23-24(17-26(41)36(42)35(23)38(52-19)22-15-31(47-7)40(50-10)32(16-22)48-8)33-25-12-20(2)51-37(34(25)28(44-4)18-27(33)43-3)21-13-29(45-5)39(49-9)30(14-21)46-6/h13-20,37-38,41-42H,11-12H2,1-10H3/t19-,20-,37-,38-/m0/s1. The lowest BCUT2D eigenvalue weighted by Gasteiger charge is -2.37. The van der Waals surface area contributed by atoms with Crippen LogP contribution in [0.1, 0.15) is 59.4 Å². The van der Waals surface area contributed by atoms with Gasteiger partial charge < -0.3 is 57.6 Å². The van der Waals surface area contributed by atoms with Gasteiger partial charge in [-0.2, -0.15) is 0 Å². The molecule has 2 aliphatic rings. The molecule has 0 spiro atoms. The van der Waals surface area contributed by atoms with Gasteiger partial charge in [0.1, 0.15) is 23.7 Å². The number of ether oxygens (including phenoxy) is 10. The summed E-state index contributed by atoms with van der Waals surface area (Å²) in [5.41, 5.74) is 5.75. The Bertz CT molecular complexity index is 1920. The molecule has 6 rings (SSSR count). The van der Waals surface area contributed by atoms with E-state index in [-0.39, 0.29) is 23.7 Å². The summed E-state index contributed by atoms with van der Waals surface area (Å²) >= 11 is 0. The Morgan fingerprint density at radius 2 is 0.923 bits per heavy atom. The third-order valence-corrected chi connectivity index (χ3v) is 9.76. The molecule has 0 radical (unpaired) electrons. The van der Waals surface area contributed by atoms with E-state index in [2.05, 4.69) is 0 Å². The molecule has 0 aliphatic carbocycles. The van der Waals surface area contributed by atoms with Crippen molar-refractivity contribution in [3.05, 3.63) is 69.8 Å². The number of methoxy groups -OCH3 is 8. The summed E-state index contributed by atoms with van der Waals surface area (Å²) in [5.74, 6) is 3.21. The number of aromatic hydroxyl groups is 2. The molecule has 12 nitrogen and oxygen atoms in total. The molecule has 0 aromatic heterocycles. The lowest BCUT2D eigenvalue weighted by atomic mass is 9.79. The summed E-state index contributed by atoms with van der Waals surface area (Å²) in [6.45, 7) is 3.97. The number of fused-ring (bicyclic) bond motifs is 2. The van der Waals surface area contributed by atoms with Crippen molar-refractivity contribution in [1.82, 2.24) is 0 Å². The summed E-state index contributed by atoms with van der Waals surface area (Å²) in [4.78, 5) is 0. The minimum atomic E-state index is -0.799. The zero-order valence-corrected chi connectivity index (χ0v) is 31.2. The Labute approximate surface area is 303 Å². The SMILES string of the molecule is COc1cc([C@@H]2O[C@@H](C)Cc3c(-c4cc(O)c(O)c5c4C[C@H](C)O[C@H]5c4cc(OC)c(OC)c(OC)c4)c(OC)cc(OC)c32)cc(OC)c1OC. The van der Waals surface area contributed by atoms with Crippen LogP contribution in [0.2, 0.25) is 0 Å². The van der Waals surface area contributed by atoms with Gasteiger partial charge in [-0.25, -0.2) is 0 Å². The Balaban J connectivity index is 1.64. The van der Waals surface area contributed by atoms with Crippen molar-refractivity contribution in [3.63, 3.8) is 0 Å². The summed E-state index contributed by atoms with van der Waals surface area (Å²) in [6, 6.07) is 10.7. The first-order chi connectivity index (χ1) is 25.1. The molecule has 2 N–H and O–H groups in total. The first kappa shape index (κ1) is 36.6. The molecule has 2 aliphatic heterocycles. The molecule has 0 saturated heterocycles. The second-order valence-electron chi connectivity index (χ2n) is 12.7. The van der Waals surface area contributed by atoms with E-state index in [9.17, 15) is 10.2 Å². The van der Waals surface area contributed by atoms with E-state index in [0.29, 0.717) is 75.5 Å². The highest BCUT2D eigenvalue weighted by Crippen LogP contribution is 2.55. The lowest BCUT2D eigenvalue weighted by Crippen LogP contribution is -2.27. The monoisotopic (exact) mass is 718 g/mol. The summed E-state index contributed by atoms with van der Waals surface area (Å²) in [7, 11) is 12.5. The van der Waals surface area contributed by atoms with Crippen molar-refractivity contribution in [2.24, 2.45) is 0 Å². The molecule has 52 heavy (non-hydrogen) atoms. The fraction of sp³-hybridized carbons (Fsp3) is 0.400. The zero-order valence-electron chi connectivity index (χ0n) is 31.2. The van der Waals surface area contributed by atoms with E-state index in [1.807, 2.05) is 32.0 Å². The Morgan fingerprint density at radius 1 is 0.500 bits per heavy atom. The molecule has 0 bridgehead atoms. The molecular formula is C40H46O12. The van der Waals surface area contributed by atoms with E-state index in [1.54, 1.807) is 53.7 Å². The van der Waals surface area contributed by atoms with Crippen LogP contribution in [0, 0.1) is 0 Å². The van der Waals surface area contributed by atoms with Crippen molar-refractivity contribution in [2.75, 3.05) is 56.9 Å². The van der Waals surface area contributed by atoms with Crippen molar-refractivity contribution < 1.29 is 57.6 Å². The highest BCUT2D eigenvalue weighted by Gasteiger charge is 2.39. The maximum absolute atomic E-state index is 11.6. The molecule has 12 heteroatoms. The minimum absolute atomic E-state index is 0.247. The number of rotatable bonds is 11. The van der Waals surface area contributed by atoms with E-state index < -0.39 is 12.2 Å². The average molecular weight is 719 g/mol. The van der Waals surface area contributed by atoms with E-state index in [1.165, 1.54) is 21.3 Å². The normalized spacial score (nSPS) is 19.2. The smallest absolute Gasteiger partial charge is 0.203 e. The summed E-state index contributed by atoms with van der Waals surface area (Å²) in [5, 5.41) is 23.0. The largest absolute Gasteiger partial charge is 0.504 e. The Morgan fingerprint density at radius 3 is 1.35 bits per heavy atom. The van der Waals surface area contributed by atoms with E-state index in [0.717, 1.165) is 27.8 Å². The molecule has 4 aromatic carbocycles. The van der Waals surface area contributed by atoms with Crippen LogP contribution >= 0.6 is 0 Å². The van der Waals surface area contributed by atoms with Gasteiger partial charge in [-0.15, -0.1) is 0 Å². The molecule has 0 unspecified atom stereocenters. The predicted molar refractivity (Wildman–Crippen MR) is 193 cm³/mol. The van der Waals surface area contributed by atoms with Gasteiger partial charge in [-0.05, 0) is 84.8 Å². The molecule has 4 atom stereocenters. The van der Waals surface area contributed by atoms with Crippen molar-refractivity contribution in [1.29, 1.82) is 0 Å². The molecule has 4 aromatic rings. The van der Waals surface area contributed by atoms with Gasteiger partial charge in [0, 0.05) is 22.8 Å². The number of hydrogen-bond acceptors (Lipinski definition) is 12. The predicted octanol–water partition coefficient (Wildman–Crippen LogP) is 6.93. The Kier molecular flexibility index (Phi) is 10.4. The lowest BCUT2D eigenvalue weighted by molar-refractivity contribution is 0.00498. The van der Waals surface area contributed by atoms with Crippen LogP contribution in [0.15, 0.2) is 36.4 Å². The molecule has 0 saturated carbocycles. The van der Waals surface area contributed by atoms with Gasteiger partial charge in [0.15, 0.2) is 34.5 Å². The quantitative estimate of drug-likeness (QED) is 0.156. The molecule has 278 valence electrons. The molecule has 2 heterocycles. The zero-order chi connectivity index (χ0) is 37.4. The van der Waals surface area contributed by atoms with Crippen molar-refractivity contribution in [3.8, 4) is 68.6 Å². The van der Waals surface area contributed by atoms with Gasteiger partial charge in [0.25, 0.3) is 0 Å². The second kappa shape index (κ2) is 14.8. The fourth-order valence-corrected chi connectivity index (χ4v) is 7.54. The highest BCUT2D eigenvalue weighted by atomic mass is 16.5. The van der Waals surface area contributed by atoms with Crippen LogP contribution in [-0.2, 0) is 22.3 Å². The van der Waals surface area contributed by atoms with Crippen LogP contribution in [0.5, 0.6) is 57.5 Å². The highest BCUT2D eigenvalue weighted by molar-refractivity contribution is 5.84.